The van der Waals surface area contributed by atoms with Crippen molar-refractivity contribution in [2.75, 3.05) is 11.4 Å². The summed E-state index contributed by atoms with van der Waals surface area (Å²) >= 11 is 0. The number of anilines is 1. The smallest absolute Gasteiger partial charge is 0.143 e. The number of ether oxygens (including phenoxy) is 1. The molecule has 2 nitrogen and oxygen atoms in total. The largest absolute Gasteiger partial charge is 0.485 e. The van der Waals surface area contributed by atoms with Gasteiger partial charge in [-0.1, -0.05) is 57.0 Å². The molecular formula is C24H33NO. The number of nitrogens with zero attached hydrogens (tertiary/aromatic N) is 1. The first-order valence-electron chi connectivity index (χ1n) is 10.2. The summed E-state index contributed by atoms with van der Waals surface area (Å²) in [5.74, 6) is 1.05. The molecule has 0 atom stereocenters. The normalized spacial score (nSPS) is 15.9. The summed E-state index contributed by atoms with van der Waals surface area (Å²) in [5, 5.41) is 0. The van der Waals surface area contributed by atoms with Crippen molar-refractivity contribution in [3.05, 3.63) is 59.2 Å². The lowest BCUT2D eigenvalue weighted by Gasteiger charge is -2.33. The predicted octanol–water partition coefficient (Wildman–Crippen LogP) is 6.43. The molecule has 0 aliphatic carbocycles. The van der Waals surface area contributed by atoms with Crippen molar-refractivity contribution in [1.82, 2.24) is 0 Å². The zero-order valence-electron chi connectivity index (χ0n) is 16.8. The molecule has 1 aliphatic rings. The number of fused-ring (bicyclic) bond motifs is 1. The SMILES string of the molecule is CCCC1(CCC)CCN(Cc2cccc(C)c2C)c2ccccc2O1. The maximum atomic E-state index is 6.71. The third-order valence-electron chi connectivity index (χ3n) is 5.86. The van der Waals surface area contributed by atoms with E-state index in [9.17, 15) is 0 Å². The van der Waals surface area contributed by atoms with E-state index in [0.717, 1.165) is 38.1 Å². The summed E-state index contributed by atoms with van der Waals surface area (Å²) in [6.45, 7) is 11.0. The highest BCUT2D eigenvalue weighted by atomic mass is 16.5. The highest BCUT2D eigenvalue weighted by Gasteiger charge is 2.35. The van der Waals surface area contributed by atoms with Gasteiger partial charge < -0.3 is 9.64 Å². The first kappa shape index (κ1) is 18.8. The Hall–Kier alpha value is -1.96. The fourth-order valence-electron chi connectivity index (χ4n) is 4.29. The van der Waals surface area contributed by atoms with Gasteiger partial charge in [-0.3, -0.25) is 0 Å². The van der Waals surface area contributed by atoms with Crippen LogP contribution in [0.15, 0.2) is 42.5 Å². The molecule has 0 radical (unpaired) electrons. The molecule has 0 saturated carbocycles. The van der Waals surface area contributed by atoms with Crippen molar-refractivity contribution >= 4 is 5.69 Å². The van der Waals surface area contributed by atoms with Gasteiger partial charge in [0.15, 0.2) is 0 Å². The minimum Gasteiger partial charge on any atom is -0.485 e. The summed E-state index contributed by atoms with van der Waals surface area (Å²) < 4.78 is 6.71. The van der Waals surface area contributed by atoms with Gasteiger partial charge in [-0.25, -0.2) is 0 Å². The van der Waals surface area contributed by atoms with Crippen molar-refractivity contribution < 1.29 is 4.74 Å². The Kier molecular flexibility index (Phi) is 5.90. The van der Waals surface area contributed by atoms with E-state index in [-0.39, 0.29) is 5.60 Å². The highest BCUT2D eigenvalue weighted by Crippen LogP contribution is 2.40. The lowest BCUT2D eigenvalue weighted by molar-refractivity contribution is 0.0467. The summed E-state index contributed by atoms with van der Waals surface area (Å²) in [6.07, 6.45) is 5.69. The quantitative estimate of drug-likeness (QED) is 0.594. The van der Waals surface area contributed by atoms with Crippen LogP contribution in [0.5, 0.6) is 5.75 Å². The average molecular weight is 352 g/mol. The number of benzene rings is 2. The summed E-state index contributed by atoms with van der Waals surface area (Å²) in [4.78, 5) is 2.52. The zero-order valence-corrected chi connectivity index (χ0v) is 16.8. The first-order chi connectivity index (χ1) is 12.6. The molecule has 0 fully saturated rings. The molecule has 3 rings (SSSR count). The van der Waals surface area contributed by atoms with Crippen LogP contribution in [0.1, 0.15) is 62.6 Å². The molecule has 2 heteroatoms. The van der Waals surface area contributed by atoms with Gasteiger partial charge in [0.25, 0.3) is 0 Å². The van der Waals surface area contributed by atoms with E-state index in [0.29, 0.717) is 0 Å². The molecular weight excluding hydrogens is 318 g/mol. The number of hydrogen-bond acceptors (Lipinski definition) is 2. The van der Waals surface area contributed by atoms with Gasteiger partial charge >= 0.3 is 0 Å². The van der Waals surface area contributed by atoms with E-state index in [1.165, 1.54) is 35.2 Å². The van der Waals surface area contributed by atoms with Crippen LogP contribution < -0.4 is 9.64 Å². The van der Waals surface area contributed by atoms with Crippen LogP contribution in [0.4, 0.5) is 5.69 Å². The van der Waals surface area contributed by atoms with Crippen LogP contribution in [-0.4, -0.2) is 12.1 Å². The van der Waals surface area contributed by atoms with Gasteiger partial charge in [0.05, 0.1) is 5.69 Å². The van der Waals surface area contributed by atoms with Gasteiger partial charge in [0.1, 0.15) is 11.4 Å². The Balaban J connectivity index is 1.94. The molecule has 0 saturated heterocycles. The maximum absolute atomic E-state index is 6.71. The van der Waals surface area contributed by atoms with Crippen LogP contribution in [0.2, 0.25) is 0 Å². The molecule has 2 aromatic rings. The molecule has 0 unspecified atom stereocenters. The van der Waals surface area contributed by atoms with Crippen LogP contribution in [0.25, 0.3) is 0 Å². The Morgan fingerprint density at radius 2 is 1.69 bits per heavy atom. The molecule has 1 aliphatic heterocycles. The number of aryl methyl sites for hydroxylation is 1. The van der Waals surface area contributed by atoms with Gasteiger partial charge in [0.2, 0.25) is 0 Å². The minimum absolute atomic E-state index is 0.0179. The Labute approximate surface area is 159 Å². The number of hydrogen-bond donors (Lipinski definition) is 0. The van der Waals surface area contributed by atoms with Crippen molar-refractivity contribution in [2.24, 2.45) is 0 Å². The van der Waals surface area contributed by atoms with Gasteiger partial charge in [-0.05, 0) is 55.5 Å². The first-order valence-corrected chi connectivity index (χ1v) is 10.2. The van der Waals surface area contributed by atoms with Gasteiger partial charge in [0, 0.05) is 19.5 Å². The number of rotatable bonds is 6. The molecule has 0 aromatic heterocycles. The molecule has 0 bridgehead atoms. The van der Waals surface area contributed by atoms with E-state index in [4.69, 9.17) is 4.74 Å². The van der Waals surface area contributed by atoms with Crippen molar-refractivity contribution in [2.45, 2.75) is 71.9 Å². The van der Waals surface area contributed by atoms with Crippen molar-refractivity contribution in [3.63, 3.8) is 0 Å². The van der Waals surface area contributed by atoms with Crippen LogP contribution in [-0.2, 0) is 6.54 Å². The molecule has 0 amide bonds. The second-order valence-corrected chi connectivity index (χ2v) is 7.78. The van der Waals surface area contributed by atoms with Gasteiger partial charge in [-0.2, -0.15) is 0 Å². The predicted molar refractivity (Wildman–Crippen MR) is 111 cm³/mol. The molecule has 0 spiro atoms. The van der Waals surface area contributed by atoms with Gasteiger partial charge in [-0.15, -0.1) is 0 Å². The van der Waals surface area contributed by atoms with Crippen molar-refractivity contribution in [3.8, 4) is 5.75 Å². The van der Waals surface area contributed by atoms with Crippen molar-refractivity contribution in [1.29, 1.82) is 0 Å². The molecule has 140 valence electrons. The lowest BCUT2D eigenvalue weighted by Crippen LogP contribution is -2.37. The monoisotopic (exact) mass is 351 g/mol. The Morgan fingerprint density at radius 3 is 2.42 bits per heavy atom. The standard InChI is InChI=1S/C24H33NO/c1-5-14-24(15-6-2)16-17-25(22-12-7-8-13-23(22)26-24)18-21-11-9-10-19(3)20(21)4/h7-13H,5-6,14-18H2,1-4H3. The Morgan fingerprint density at radius 1 is 0.962 bits per heavy atom. The van der Waals surface area contributed by atoms with E-state index in [1.54, 1.807) is 0 Å². The maximum Gasteiger partial charge on any atom is 0.143 e. The summed E-state index contributed by atoms with van der Waals surface area (Å²) in [7, 11) is 0. The minimum atomic E-state index is -0.0179. The molecule has 26 heavy (non-hydrogen) atoms. The summed E-state index contributed by atoms with van der Waals surface area (Å²) in [5.41, 5.74) is 5.41. The lowest BCUT2D eigenvalue weighted by atomic mass is 9.89. The van der Waals surface area contributed by atoms with E-state index in [1.807, 2.05) is 0 Å². The molecule has 1 heterocycles. The van der Waals surface area contributed by atoms with Crippen LogP contribution >= 0.6 is 0 Å². The fourth-order valence-corrected chi connectivity index (χ4v) is 4.29. The molecule has 2 aromatic carbocycles. The Bertz CT molecular complexity index is 731. The van der Waals surface area contributed by atoms with E-state index in [2.05, 4.69) is 75.1 Å². The van der Waals surface area contributed by atoms with Crippen LogP contribution in [0, 0.1) is 13.8 Å². The zero-order chi connectivity index (χ0) is 18.6. The second kappa shape index (κ2) is 8.16. The topological polar surface area (TPSA) is 12.5 Å². The second-order valence-electron chi connectivity index (χ2n) is 7.78. The third kappa shape index (κ3) is 3.90. The van der Waals surface area contributed by atoms with E-state index < -0.39 is 0 Å². The third-order valence-corrected chi connectivity index (χ3v) is 5.86. The highest BCUT2D eigenvalue weighted by molar-refractivity contribution is 5.60. The summed E-state index contributed by atoms with van der Waals surface area (Å²) in [6, 6.07) is 15.2. The average Bonchev–Trinajstić information content (AvgIpc) is 2.77. The van der Waals surface area contributed by atoms with E-state index >= 15 is 0 Å². The van der Waals surface area contributed by atoms with Crippen LogP contribution in [0.3, 0.4) is 0 Å². The number of para-hydroxylation sites is 2. The fraction of sp³-hybridized carbons (Fsp3) is 0.500. The molecule has 0 N–H and O–H groups in total.